The Morgan fingerprint density at radius 2 is 1.21 bits per heavy atom. The summed E-state index contributed by atoms with van der Waals surface area (Å²) in [5.74, 6) is -2.59. The highest BCUT2D eigenvalue weighted by Crippen LogP contribution is 1.88. The van der Waals surface area contributed by atoms with Gasteiger partial charge in [-0.1, -0.05) is 0 Å². The molecule has 0 aromatic rings. The predicted molar refractivity (Wildman–Crippen MR) is 41.1 cm³/mol. The molecule has 76 valence electrons. The van der Waals surface area contributed by atoms with E-state index in [-0.39, 0.29) is 0 Å². The van der Waals surface area contributed by atoms with Crippen molar-refractivity contribution in [2.24, 2.45) is 0 Å². The molecule has 0 aliphatic rings. The van der Waals surface area contributed by atoms with E-state index >= 15 is 0 Å². The average molecular weight is 202 g/mol. The first kappa shape index (κ1) is 11.7. The number of aliphatic carboxylic acids is 2. The van der Waals surface area contributed by atoms with Gasteiger partial charge in [0.1, 0.15) is 12.5 Å². The normalized spacial score (nSPS) is 10.3. The molecule has 7 heteroatoms. The van der Waals surface area contributed by atoms with Crippen LogP contribution >= 0.6 is 0 Å². The third kappa shape index (κ3) is 7.79. The van der Waals surface area contributed by atoms with Crippen LogP contribution in [-0.4, -0.2) is 28.3 Å². The molecule has 0 radical (unpaired) electrons. The Bertz CT molecular complexity index is 260. The Morgan fingerprint density at radius 1 is 0.857 bits per heavy atom. The Balaban J connectivity index is 3.77. The van der Waals surface area contributed by atoms with Crippen LogP contribution in [0.5, 0.6) is 0 Å². The monoisotopic (exact) mass is 202 g/mol. The van der Waals surface area contributed by atoms with E-state index in [1.807, 2.05) is 0 Å². The fourth-order valence-electron chi connectivity index (χ4n) is 0.323. The molecule has 0 atom stereocenters. The summed E-state index contributed by atoms with van der Waals surface area (Å²) in [7, 11) is 0. The summed E-state index contributed by atoms with van der Waals surface area (Å²) in [5, 5.41) is 16.1. The minimum atomic E-state index is -1.29. The molecular weight excluding hydrogens is 196 g/mol. The lowest BCUT2D eigenvalue weighted by Gasteiger charge is -1.94. The third-order valence-corrected chi connectivity index (χ3v) is 0.750. The quantitative estimate of drug-likeness (QED) is 0.384. The van der Waals surface area contributed by atoms with Crippen LogP contribution < -0.4 is 0 Å². The first-order valence-corrected chi connectivity index (χ1v) is 3.18. The molecule has 0 aromatic carbocycles. The smallest absolute Gasteiger partial charge is 0.478 e. The molecule has 0 bridgehead atoms. The summed E-state index contributed by atoms with van der Waals surface area (Å²) in [6, 6.07) is 0. The lowest BCUT2D eigenvalue weighted by atomic mass is 10.6. The number of ether oxygens (including phenoxy) is 2. The highest BCUT2D eigenvalue weighted by Gasteiger charge is 1.98. The van der Waals surface area contributed by atoms with Crippen molar-refractivity contribution in [2.45, 2.75) is 0 Å². The highest BCUT2D eigenvalue weighted by atomic mass is 16.7. The minimum Gasteiger partial charge on any atom is -0.478 e. The van der Waals surface area contributed by atoms with Gasteiger partial charge in [-0.3, -0.25) is 0 Å². The summed E-state index contributed by atoms with van der Waals surface area (Å²) in [6.45, 7) is 0. The summed E-state index contributed by atoms with van der Waals surface area (Å²) in [4.78, 5) is 30.2. The lowest BCUT2D eigenvalue weighted by Crippen LogP contribution is -1.99. The van der Waals surface area contributed by atoms with E-state index in [4.69, 9.17) is 10.2 Å². The number of hydrogen-bond donors (Lipinski definition) is 2. The zero-order chi connectivity index (χ0) is 11.0. The maximum Gasteiger partial charge on any atom is 0.518 e. The van der Waals surface area contributed by atoms with Crippen molar-refractivity contribution in [3.05, 3.63) is 24.7 Å². The molecule has 0 amide bonds. The van der Waals surface area contributed by atoms with Crippen LogP contribution in [0.2, 0.25) is 0 Å². The Kier molecular flexibility index (Phi) is 5.20. The molecule has 0 fully saturated rings. The van der Waals surface area contributed by atoms with E-state index in [0.717, 1.165) is 0 Å². The van der Waals surface area contributed by atoms with E-state index in [2.05, 4.69) is 9.47 Å². The zero-order valence-corrected chi connectivity index (χ0v) is 6.75. The molecule has 0 spiro atoms. The fourth-order valence-corrected chi connectivity index (χ4v) is 0.323. The van der Waals surface area contributed by atoms with Crippen molar-refractivity contribution in [2.75, 3.05) is 0 Å². The second-order valence-corrected chi connectivity index (χ2v) is 1.77. The molecule has 0 aliphatic carbocycles. The van der Waals surface area contributed by atoms with Crippen LogP contribution in [0.25, 0.3) is 0 Å². The van der Waals surface area contributed by atoms with Crippen LogP contribution in [-0.2, 0) is 19.1 Å². The number of carboxylic acids is 2. The first-order valence-electron chi connectivity index (χ1n) is 3.18. The standard InChI is InChI=1S/C7H6O7/c8-5(9)1-3-13-7(12)14-4-2-6(10)11/h1-4H,(H,8,9)(H,10,11). The number of rotatable bonds is 4. The topological polar surface area (TPSA) is 110 Å². The number of carbonyl (C=O) groups excluding carboxylic acids is 1. The maximum atomic E-state index is 10.5. The second-order valence-electron chi connectivity index (χ2n) is 1.77. The molecule has 2 N–H and O–H groups in total. The van der Waals surface area contributed by atoms with Gasteiger partial charge < -0.3 is 19.7 Å². The second kappa shape index (κ2) is 6.23. The van der Waals surface area contributed by atoms with Crippen molar-refractivity contribution in [3.63, 3.8) is 0 Å². The van der Waals surface area contributed by atoms with E-state index in [1.165, 1.54) is 0 Å². The van der Waals surface area contributed by atoms with Gasteiger partial charge in [0.2, 0.25) is 0 Å². The number of carboxylic acid groups (broad SMARTS) is 2. The zero-order valence-electron chi connectivity index (χ0n) is 6.75. The summed E-state index contributed by atoms with van der Waals surface area (Å²) >= 11 is 0. The molecule has 0 unspecified atom stereocenters. The van der Waals surface area contributed by atoms with Crippen LogP contribution in [0.3, 0.4) is 0 Å². The van der Waals surface area contributed by atoms with E-state index < -0.39 is 18.1 Å². The van der Waals surface area contributed by atoms with Gasteiger partial charge >= 0.3 is 18.1 Å². The molecular formula is C7H6O7. The molecule has 0 saturated heterocycles. The van der Waals surface area contributed by atoms with Crippen LogP contribution in [0, 0.1) is 0 Å². The van der Waals surface area contributed by atoms with Crippen LogP contribution in [0.15, 0.2) is 24.7 Å². The summed E-state index contributed by atoms with van der Waals surface area (Å²) in [6.07, 6.45) is 1.10. The van der Waals surface area contributed by atoms with Gasteiger partial charge in [-0.05, 0) is 0 Å². The van der Waals surface area contributed by atoms with Crippen LogP contribution in [0.1, 0.15) is 0 Å². The van der Waals surface area contributed by atoms with E-state index in [0.29, 0.717) is 24.7 Å². The minimum absolute atomic E-state index is 0.572. The van der Waals surface area contributed by atoms with Crippen molar-refractivity contribution >= 4 is 18.1 Å². The predicted octanol–water partition coefficient (Wildman–Crippen LogP) is 0.336. The average Bonchev–Trinajstić information content (AvgIpc) is 2.02. The van der Waals surface area contributed by atoms with Gasteiger partial charge in [0.25, 0.3) is 0 Å². The molecule has 0 aromatic heterocycles. The van der Waals surface area contributed by atoms with Gasteiger partial charge in [-0.25, -0.2) is 14.4 Å². The molecule has 0 aliphatic heterocycles. The van der Waals surface area contributed by atoms with Gasteiger partial charge in [0.05, 0.1) is 12.2 Å². The SMILES string of the molecule is O=C(O)C=COC(=O)OC=CC(=O)O. The van der Waals surface area contributed by atoms with Gasteiger partial charge in [-0.15, -0.1) is 0 Å². The van der Waals surface area contributed by atoms with Crippen molar-refractivity contribution in [3.8, 4) is 0 Å². The molecule has 0 saturated carbocycles. The first-order chi connectivity index (χ1) is 6.52. The Morgan fingerprint density at radius 3 is 1.50 bits per heavy atom. The third-order valence-electron chi connectivity index (χ3n) is 0.750. The van der Waals surface area contributed by atoms with Crippen molar-refractivity contribution in [1.82, 2.24) is 0 Å². The number of carbonyl (C=O) groups is 3. The Labute approximate surface area is 77.8 Å². The molecule has 0 rings (SSSR count). The Hall–Kier alpha value is -2.31. The largest absolute Gasteiger partial charge is 0.518 e. The van der Waals surface area contributed by atoms with Gasteiger partial charge in [0, 0.05) is 0 Å². The van der Waals surface area contributed by atoms with Crippen molar-refractivity contribution < 1.29 is 34.1 Å². The summed E-state index contributed by atoms with van der Waals surface area (Å²) < 4.78 is 8.14. The highest BCUT2D eigenvalue weighted by molar-refractivity contribution is 5.80. The van der Waals surface area contributed by atoms with E-state index in [9.17, 15) is 14.4 Å². The molecule has 7 nitrogen and oxygen atoms in total. The fraction of sp³-hybridized carbons (Fsp3) is 0. The van der Waals surface area contributed by atoms with Gasteiger partial charge in [0.15, 0.2) is 0 Å². The maximum absolute atomic E-state index is 10.5. The number of hydrogen-bond acceptors (Lipinski definition) is 5. The summed E-state index contributed by atoms with van der Waals surface area (Å²) in [5.41, 5.74) is 0. The lowest BCUT2D eigenvalue weighted by molar-refractivity contribution is -0.132. The molecule has 0 heterocycles. The van der Waals surface area contributed by atoms with Crippen molar-refractivity contribution in [1.29, 1.82) is 0 Å². The molecule has 14 heavy (non-hydrogen) atoms. The van der Waals surface area contributed by atoms with Gasteiger partial charge in [-0.2, -0.15) is 0 Å². The van der Waals surface area contributed by atoms with E-state index in [1.54, 1.807) is 0 Å². The van der Waals surface area contributed by atoms with Crippen LogP contribution in [0.4, 0.5) is 4.79 Å².